The topological polar surface area (TPSA) is 52.6 Å². The zero-order valence-electron chi connectivity index (χ0n) is 10.2. The Bertz CT molecular complexity index is 398. The minimum absolute atomic E-state index is 0.216. The molecule has 0 aliphatic carbocycles. The molecule has 1 rings (SSSR count). The Hall–Kier alpha value is -2.10. The number of rotatable bonds is 7. The van der Waals surface area contributed by atoms with Gasteiger partial charge in [-0.3, -0.25) is 9.59 Å². The van der Waals surface area contributed by atoms with Crippen molar-refractivity contribution in [3.8, 4) is 0 Å². The highest BCUT2D eigenvalue weighted by atomic mass is 16.5. The smallest absolute Gasteiger partial charge is 0.305 e. The molecule has 0 aromatic heterocycles. The average molecular weight is 248 g/mol. The zero-order valence-corrected chi connectivity index (χ0v) is 10.2. The first-order valence-electron chi connectivity index (χ1n) is 5.65. The highest BCUT2D eigenvalue weighted by Gasteiger charge is 2.08. The molecule has 18 heavy (non-hydrogen) atoms. The maximum atomic E-state index is 11.0. The fourth-order valence-electron chi connectivity index (χ4n) is 1.43. The quantitative estimate of drug-likeness (QED) is 0.548. The molecule has 4 heteroatoms. The first kappa shape index (κ1) is 14.0. The number of carbonyl (C=O) groups excluding carboxylic acids is 2. The zero-order chi connectivity index (χ0) is 13.2. The lowest BCUT2D eigenvalue weighted by molar-refractivity contribution is -0.142. The van der Waals surface area contributed by atoms with E-state index in [1.807, 2.05) is 36.4 Å². The van der Waals surface area contributed by atoms with Gasteiger partial charge in [0.15, 0.2) is 0 Å². The maximum Gasteiger partial charge on any atom is 0.305 e. The molecule has 0 heterocycles. The van der Waals surface area contributed by atoms with Crippen LogP contribution in [0.5, 0.6) is 0 Å². The summed E-state index contributed by atoms with van der Waals surface area (Å²) in [5.74, 6) is -0.317. The van der Waals surface area contributed by atoms with Gasteiger partial charge in [0.1, 0.15) is 6.10 Å². The molecule has 0 radical (unpaired) electrons. The number of benzene rings is 1. The van der Waals surface area contributed by atoms with E-state index in [1.54, 1.807) is 6.08 Å². The van der Waals surface area contributed by atoms with Crippen LogP contribution in [0.4, 0.5) is 0 Å². The van der Waals surface area contributed by atoms with Crippen LogP contribution in [0.25, 0.3) is 6.08 Å². The van der Waals surface area contributed by atoms with Crippen LogP contribution in [0.15, 0.2) is 36.4 Å². The van der Waals surface area contributed by atoms with E-state index in [-0.39, 0.29) is 12.4 Å². The molecule has 0 bridgehead atoms. The van der Waals surface area contributed by atoms with Crippen LogP contribution in [0, 0.1) is 0 Å². The summed E-state index contributed by atoms with van der Waals surface area (Å²) in [7, 11) is 1.33. The van der Waals surface area contributed by atoms with Crippen molar-refractivity contribution < 1.29 is 19.1 Å². The molecular formula is C14H16O4. The fourth-order valence-corrected chi connectivity index (χ4v) is 1.43. The molecule has 1 aromatic rings. The minimum Gasteiger partial charge on any atom is -0.469 e. The van der Waals surface area contributed by atoms with E-state index in [4.69, 9.17) is 4.74 Å². The lowest BCUT2D eigenvalue weighted by Gasteiger charge is -2.09. The van der Waals surface area contributed by atoms with Crippen LogP contribution >= 0.6 is 0 Å². The van der Waals surface area contributed by atoms with E-state index in [2.05, 4.69) is 4.74 Å². The van der Waals surface area contributed by atoms with E-state index in [0.717, 1.165) is 5.56 Å². The highest BCUT2D eigenvalue weighted by molar-refractivity contribution is 5.69. The van der Waals surface area contributed by atoms with E-state index in [0.29, 0.717) is 12.9 Å². The van der Waals surface area contributed by atoms with Gasteiger partial charge < -0.3 is 9.47 Å². The molecule has 96 valence electrons. The fraction of sp³-hybridized carbons (Fsp3) is 0.286. The summed E-state index contributed by atoms with van der Waals surface area (Å²) >= 11 is 0. The first-order chi connectivity index (χ1) is 8.76. The second-order valence-corrected chi connectivity index (χ2v) is 3.66. The maximum absolute atomic E-state index is 11.0. The Kier molecular flexibility index (Phi) is 6.25. The van der Waals surface area contributed by atoms with E-state index in [1.165, 1.54) is 7.11 Å². The summed E-state index contributed by atoms with van der Waals surface area (Å²) in [6, 6.07) is 9.64. The number of ether oxygens (including phenoxy) is 2. The largest absolute Gasteiger partial charge is 0.469 e. The molecule has 0 N–H and O–H groups in total. The van der Waals surface area contributed by atoms with Gasteiger partial charge in [-0.2, -0.15) is 0 Å². The van der Waals surface area contributed by atoms with Crippen molar-refractivity contribution in [2.75, 3.05) is 7.11 Å². The summed E-state index contributed by atoms with van der Waals surface area (Å²) in [5, 5.41) is 0. The first-order valence-corrected chi connectivity index (χ1v) is 5.65. The Morgan fingerprint density at radius 3 is 2.67 bits per heavy atom. The van der Waals surface area contributed by atoms with Gasteiger partial charge in [-0.1, -0.05) is 36.4 Å². The molecule has 0 saturated carbocycles. The van der Waals surface area contributed by atoms with Crippen molar-refractivity contribution in [2.24, 2.45) is 0 Å². The van der Waals surface area contributed by atoms with Crippen LogP contribution in [-0.4, -0.2) is 25.7 Å². The van der Waals surface area contributed by atoms with Crippen molar-refractivity contribution in [3.05, 3.63) is 42.0 Å². The predicted octanol–water partition coefficient (Wildman–Crippen LogP) is 2.19. The summed E-state index contributed by atoms with van der Waals surface area (Å²) in [5.41, 5.74) is 1.01. The molecule has 0 aliphatic heterocycles. The molecule has 1 aromatic carbocycles. The number of carbonyl (C=O) groups is 2. The molecule has 1 atom stereocenters. The van der Waals surface area contributed by atoms with Crippen molar-refractivity contribution in [2.45, 2.75) is 18.9 Å². The third-order valence-electron chi connectivity index (χ3n) is 2.39. The summed E-state index contributed by atoms with van der Waals surface area (Å²) < 4.78 is 9.42. The second-order valence-electron chi connectivity index (χ2n) is 3.66. The molecular weight excluding hydrogens is 232 g/mol. The predicted molar refractivity (Wildman–Crippen MR) is 67.7 cm³/mol. The Morgan fingerprint density at radius 2 is 2.06 bits per heavy atom. The third kappa shape index (κ3) is 5.30. The Morgan fingerprint density at radius 1 is 1.33 bits per heavy atom. The van der Waals surface area contributed by atoms with Crippen molar-refractivity contribution >= 4 is 18.5 Å². The number of esters is 1. The van der Waals surface area contributed by atoms with Gasteiger partial charge in [0.25, 0.3) is 6.47 Å². The molecule has 0 spiro atoms. The van der Waals surface area contributed by atoms with Gasteiger partial charge in [0, 0.05) is 6.42 Å². The standard InChI is InChI=1S/C14H16O4/c1-17-14(16)10-9-13(18-11-15)8-7-12-5-3-2-4-6-12/h2-8,11,13H,9-10H2,1H3/b8-7-. The van der Waals surface area contributed by atoms with Gasteiger partial charge in [-0.15, -0.1) is 0 Å². The second kappa shape index (κ2) is 8.06. The molecule has 1 unspecified atom stereocenters. The normalized spacial score (nSPS) is 12.1. The number of hydrogen-bond acceptors (Lipinski definition) is 4. The van der Waals surface area contributed by atoms with Crippen LogP contribution in [0.1, 0.15) is 18.4 Å². The molecule has 0 aliphatic rings. The highest BCUT2D eigenvalue weighted by Crippen LogP contribution is 2.08. The van der Waals surface area contributed by atoms with Crippen molar-refractivity contribution in [3.63, 3.8) is 0 Å². The van der Waals surface area contributed by atoms with E-state index < -0.39 is 6.10 Å². The number of methoxy groups -OCH3 is 1. The van der Waals surface area contributed by atoms with Crippen molar-refractivity contribution in [1.82, 2.24) is 0 Å². The van der Waals surface area contributed by atoms with Gasteiger partial charge in [-0.05, 0) is 18.1 Å². The van der Waals surface area contributed by atoms with Gasteiger partial charge in [-0.25, -0.2) is 0 Å². The lowest BCUT2D eigenvalue weighted by atomic mass is 10.1. The van der Waals surface area contributed by atoms with E-state index >= 15 is 0 Å². The average Bonchev–Trinajstić information content (AvgIpc) is 2.42. The monoisotopic (exact) mass is 248 g/mol. The molecule has 4 nitrogen and oxygen atoms in total. The summed E-state index contributed by atoms with van der Waals surface area (Å²) in [4.78, 5) is 21.4. The lowest BCUT2D eigenvalue weighted by Crippen LogP contribution is -2.12. The molecule has 0 amide bonds. The van der Waals surface area contributed by atoms with Gasteiger partial charge in [0.05, 0.1) is 7.11 Å². The minimum atomic E-state index is -0.415. The summed E-state index contributed by atoms with van der Waals surface area (Å²) in [6.45, 7) is 0.386. The van der Waals surface area contributed by atoms with Crippen LogP contribution in [-0.2, 0) is 19.1 Å². The molecule has 0 fully saturated rings. The Labute approximate surface area is 106 Å². The van der Waals surface area contributed by atoms with Crippen LogP contribution < -0.4 is 0 Å². The van der Waals surface area contributed by atoms with Gasteiger partial charge in [0.2, 0.25) is 0 Å². The number of hydrogen-bond donors (Lipinski definition) is 0. The van der Waals surface area contributed by atoms with Gasteiger partial charge >= 0.3 is 5.97 Å². The molecule has 0 saturated heterocycles. The summed E-state index contributed by atoms with van der Waals surface area (Å²) in [6.07, 6.45) is 3.82. The van der Waals surface area contributed by atoms with Crippen LogP contribution in [0.2, 0.25) is 0 Å². The third-order valence-corrected chi connectivity index (χ3v) is 2.39. The van der Waals surface area contributed by atoms with E-state index in [9.17, 15) is 9.59 Å². The van der Waals surface area contributed by atoms with Crippen LogP contribution in [0.3, 0.4) is 0 Å². The van der Waals surface area contributed by atoms with Crippen molar-refractivity contribution in [1.29, 1.82) is 0 Å². The Balaban J connectivity index is 2.54. The SMILES string of the molecule is COC(=O)CCC(/C=C\c1ccccc1)OC=O.